The van der Waals surface area contributed by atoms with Crippen LogP contribution in [0.25, 0.3) is 21.7 Å². The molecule has 31 heteroatoms. The summed E-state index contributed by atoms with van der Waals surface area (Å²) in [5, 5.41) is 53.0. The van der Waals surface area contributed by atoms with Crippen LogP contribution in [-0.2, 0) is 6.18 Å². The van der Waals surface area contributed by atoms with E-state index in [4.69, 9.17) is 85.0 Å². The first kappa shape index (κ1) is 84.5. The Labute approximate surface area is 556 Å². The number of rotatable bonds is 3. The zero-order valence-corrected chi connectivity index (χ0v) is 53.4. The first-order valence-electron chi connectivity index (χ1n) is 24.4. The molecule has 0 N–H and O–H groups in total. The molecule has 0 fully saturated rings. The van der Waals surface area contributed by atoms with Gasteiger partial charge in [0.2, 0.25) is 5.82 Å². The standard InChI is InChI=1S/C10H8.C9H7N.C7H4ClF3.C6H3Cl2NO2.C6H3ClN2.C6H4ClNO2.C6H4FNO2.C5H4ClN.C2H3F3.2CH3Cl.CH3NO2/c1-2-6-10-8-4-3-7-9(10)5-1;1-2-6-9-8(4-1)5-3-7-10-9;8-6-3-1-5(2-4-6)7(9,10)11;7-4-1-2-5(8)6(3-4)9(10)11;7-6-5(4-8)2-1-3-9-6;2*7-5-3-1-2-4-6(5)8(9)10;6-5-3-1-2-4-7-5;1-2(3,4)5;2*1-2;1-2(3)4/h1-8H;1-7H;1-4H;1-3H;1-3H;2*1-4H;1-4H;1H3;2*1H3;1H3. The van der Waals surface area contributed by atoms with Crippen LogP contribution in [0.3, 0.4) is 0 Å². The molecule has 3 aromatic heterocycles. The minimum atomic E-state index is -4.27. The van der Waals surface area contributed by atoms with Crippen LogP contribution in [-0.4, -0.2) is 60.6 Å². The highest BCUT2D eigenvalue weighted by atomic mass is 35.5. The van der Waals surface area contributed by atoms with E-state index in [2.05, 4.69) is 98.8 Å². The first-order valence-corrected chi connectivity index (χ1v) is 28.1. The number of hydrogen-bond donors (Lipinski definition) is 0. The van der Waals surface area contributed by atoms with E-state index in [9.17, 15) is 61.1 Å². The Kier molecular flexibility index (Phi) is 44.8. The molecule has 0 bridgehead atoms. The van der Waals surface area contributed by atoms with Crippen LogP contribution in [0.5, 0.6) is 0 Å². The van der Waals surface area contributed by atoms with Gasteiger partial charge in [0.05, 0.1) is 31.4 Å². The minimum Gasteiger partial charge on any atom is -0.265 e. The van der Waals surface area contributed by atoms with Crippen molar-refractivity contribution in [2.75, 3.05) is 19.8 Å². The summed E-state index contributed by atoms with van der Waals surface area (Å²) in [5.41, 5.74) is 0.0944. The number of hydrogen-bond acceptors (Lipinski definition) is 12. The molecule has 0 spiro atoms. The van der Waals surface area contributed by atoms with Crippen molar-refractivity contribution in [2.45, 2.75) is 19.3 Å². The van der Waals surface area contributed by atoms with E-state index in [1.807, 2.05) is 48.7 Å². The Hall–Kier alpha value is -8.57. The lowest BCUT2D eigenvalue weighted by Crippen LogP contribution is -2.03. The second-order valence-corrected chi connectivity index (χ2v) is 18.1. The molecule has 0 saturated heterocycles. The van der Waals surface area contributed by atoms with Gasteiger partial charge in [-0.1, -0.05) is 173 Å². The minimum absolute atomic E-state index is 0.0517. The van der Waals surface area contributed by atoms with Crippen LogP contribution >= 0.6 is 92.8 Å². The lowest BCUT2D eigenvalue weighted by atomic mass is 10.1. The maximum Gasteiger partial charge on any atom is 0.416 e. The van der Waals surface area contributed by atoms with Crippen molar-refractivity contribution in [1.82, 2.24) is 15.0 Å². The quantitative estimate of drug-likeness (QED) is 0.0528. The first-order chi connectivity index (χ1) is 42.9. The Morgan fingerprint density at radius 2 is 0.835 bits per heavy atom. The van der Waals surface area contributed by atoms with E-state index in [0.29, 0.717) is 20.8 Å². The number of para-hydroxylation sites is 3. The highest BCUT2D eigenvalue weighted by Crippen LogP contribution is 2.30. The summed E-state index contributed by atoms with van der Waals surface area (Å²) < 4.78 is 79.1. The fraction of sp³-hybridized carbons (Fsp3) is 0.100. The third kappa shape index (κ3) is 41.4. The number of aromatic nitrogens is 3. The second kappa shape index (κ2) is 48.3. The van der Waals surface area contributed by atoms with E-state index in [-0.39, 0.29) is 33.5 Å². The van der Waals surface area contributed by atoms with Gasteiger partial charge in [0.25, 0.3) is 11.4 Å². The van der Waals surface area contributed by atoms with E-state index in [1.165, 1.54) is 83.5 Å². The van der Waals surface area contributed by atoms with Crippen molar-refractivity contribution in [3.05, 3.63) is 313 Å². The molecular formula is C60H49Cl8F7N8O8. The number of nitro groups is 4. The largest absolute Gasteiger partial charge is 0.416 e. The molecule has 0 amide bonds. The molecular weight excluding hydrogens is 1380 g/mol. The van der Waals surface area contributed by atoms with Crippen LogP contribution in [0.4, 0.5) is 47.8 Å². The Balaban J connectivity index is 0. The molecule has 0 aliphatic carbocycles. The smallest absolute Gasteiger partial charge is 0.265 e. The van der Waals surface area contributed by atoms with Gasteiger partial charge in [0.15, 0.2) is 7.05 Å². The average Bonchev–Trinajstić information content (AvgIpc) is 2.47. The molecule has 0 saturated carbocycles. The topological polar surface area (TPSA) is 235 Å². The fourth-order valence-corrected chi connectivity index (χ4v) is 6.40. The van der Waals surface area contributed by atoms with Crippen LogP contribution in [0, 0.1) is 57.6 Å². The Bertz CT molecular complexity index is 3510. The van der Waals surface area contributed by atoms with Crippen molar-refractivity contribution in [1.29, 1.82) is 5.26 Å². The van der Waals surface area contributed by atoms with E-state index < -0.39 is 49.1 Å². The van der Waals surface area contributed by atoms with Crippen LogP contribution in [0.15, 0.2) is 225 Å². The fourth-order valence-electron chi connectivity index (χ4n) is 5.42. The number of nitro benzene ring substituents is 3. The predicted octanol–water partition coefficient (Wildman–Crippen LogP) is 21.8. The van der Waals surface area contributed by atoms with Gasteiger partial charge < -0.3 is 0 Å². The number of alkyl halides is 8. The van der Waals surface area contributed by atoms with Gasteiger partial charge in [0.1, 0.15) is 26.4 Å². The van der Waals surface area contributed by atoms with Crippen LogP contribution < -0.4 is 0 Å². The van der Waals surface area contributed by atoms with Gasteiger partial charge in [0, 0.05) is 76.8 Å². The molecule has 7 aromatic carbocycles. The molecule has 16 nitrogen and oxygen atoms in total. The molecule has 3 heterocycles. The highest BCUT2D eigenvalue weighted by molar-refractivity contribution is 6.35. The number of nitrogens with zero attached hydrogens (tertiary/aromatic N) is 8. The van der Waals surface area contributed by atoms with Crippen molar-refractivity contribution in [3.8, 4) is 6.07 Å². The van der Waals surface area contributed by atoms with Gasteiger partial charge in [-0.15, -0.1) is 23.2 Å². The number of benzene rings is 7. The molecule has 482 valence electrons. The van der Waals surface area contributed by atoms with Crippen LogP contribution in [0.2, 0.25) is 30.4 Å². The second-order valence-electron chi connectivity index (χ2n) is 15.6. The molecule has 0 unspecified atom stereocenters. The van der Waals surface area contributed by atoms with Crippen molar-refractivity contribution < 1.29 is 50.4 Å². The molecule has 0 aliphatic rings. The number of nitriles is 1. The highest BCUT2D eigenvalue weighted by Gasteiger charge is 2.29. The Morgan fingerprint density at radius 1 is 0.451 bits per heavy atom. The summed E-state index contributed by atoms with van der Waals surface area (Å²) in [4.78, 5) is 48.4. The van der Waals surface area contributed by atoms with Gasteiger partial charge in [-0.25, -0.2) is 9.97 Å². The molecule has 0 radical (unpaired) electrons. The lowest BCUT2D eigenvalue weighted by Gasteiger charge is -2.04. The maximum absolute atomic E-state index is 12.4. The maximum atomic E-state index is 12.4. The number of halogens is 15. The van der Waals surface area contributed by atoms with E-state index in [1.54, 1.807) is 42.7 Å². The predicted molar refractivity (Wildman–Crippen MR) is 348 cm³/mol. The summed E-state index contributed by atoms with van der Waals surface area (Å²) in [6, 6.07) is 58.9. The zero-order chi connectivity index (χ0) is 69.5. The van der Waals surface area contributed by atoms with Crippen molar-refractivity contribution in [3.63, 3.8) is 0 Å². The SMILES string of the molecule is CC(F)(F)F.CCl.CCl.C[N+](=O)[O-].Clc1ccccn1.FC(F)(F)c1ccc(Cl)cc1.N#Cc1cccnc1Cl.O=[N+]([O-])c1cc(Cl)ccc1Cl.O=[N+]([O-])c1ccccc1Cl.O=[N+]([O-])c1ccccc1F.c1ccc2ccccc2c1.c1ccc2ncccc2c1. The third-order valence-corrected chi connectivity index (χ3v) is 10.7. The van der Waals surface area contributed by atoms with Crippen LogP contribution in [0.1, 0.15) is 18.1 Å². The van der Waals surface area contributed by atoms with E-state index >= 15 is 0 Å². The summed E-state index contributed by atoms with van der Waals surface area (Å²) in [5.74, 6) is -0.799. The van der Waals surface area contributed by atoms with Gasteiger partial charge >= 0.3 is 18.0 Å². The summed E-state index contributed by atoms with van der Waals surface area (Å²) in [6.07, 6.45) is -0.321. The summed E-state index contributed by atoms with van der Waals surface area (Å²) in [7, 11) is 0.889. The number of fused-ring (bicyclic) bond motifs is 2. The Morgan fingerprint density at radius 3 is 1.20 bits per heavy atom. The number of pyridine rings is 3. The monoisotopic (exact) mass is 1420 g/mol. The average molecular weight is 1430 g/mol. The summed E-state index contributed by atoms with van der Waals surface area (Å²) in [6.45, 7) is 0.188. The van der Waals surface area contributed by atoms with Crippen molar-refractivity contribution >= 4 is 132 Å². The van der Waals surface area contributed by atoms with Crippen molar-refractivity contribution in [2.24, 2.45) is 0 Å². The molecule has 0 atom stereocenters. The van der Waals surface area contributed by atoms with E-state index in [0.717, 1.165) is 36.8 Å². The zero-order valence-electron chi connectivity index (χ0n) is 47.4. The lowest BCUT2D eigenvalue weighted by molar-refractivity contribution is -0.445. The molecule has 10 rings (SSSR count). The molecule has 91 heavy (non-hydrogen) atoms. The molecule has 10 aromatic rings. The summed E-state index contributed by atoms with van der Waals surface area (Å²) >= 11 is 42.1. The van der Waals surface area contributed by atoms with Gasteiger partial charge in [-0.2, -0.15) is 36.0 Å². The third-order valence-electron chi connectivity index (χ3n) is 9.05. The normalized spacial score (nSPS) is 9.38. The molecule has 0 aliphatic heterocycles. The van der Waals surface area contributed by atoms with Gasteiger partial charge in [-0.3, -0.25) is 45.4 Å². The van der Waals surface area contributed by atoms with Gasteiger partial charge in [-0.05, 0) is 95.7 Å².